The summed E-state index contributed by atoms with van der Waals surface area (Å²) >= 11 is 0. The normalized spacial score (nSPS) is 10.2. The van der Waals surface area contributed by atoms with Crippen molar-refractivity contribution < 1.29 is 9.18 Å². The summed E-state index contributed by atoms with van der Waals surface area (Å²) in [6.07, 6.45) is 0. The molecule has 0 atom stereocenters. The van der Waals surface area contributed by atoms with Crippen molar-refractivity contribution in [3.8, 4) is 0 Å². The third kappa shape index (κ3) is 2.95. The number of amides is 1. The lowest BCUT2D eigenvalue weighted by Crippen LogP contribution is -2.13. The van der Waals surface area contributed by atoms with Gasteiger partial charge in [0.25, 0.3) is 5.91 Å². The van der Waals surface area contributed by atoms with Crippen LogP contribution in [0.2, 0.25) is 0 Å². The van der Waals surface area contributed by atoms with E-state index in [9.17, 15) is 9.18 Å². The maximum Gasteiger partial charge on any atom is 0.255 e. The van der Waals surface area contributed by atoms with E-state index in [-0.39, 0.29) is 11.7 Å². The van der Waals surface area contributed by atoms with Gasteiger partial charge < -0.3 is 10.7 Å². The molecule has 0 aliphatic rings. The SMILES string of the molecule is Cc1cc(NC(=O)c2ccc(NN)c(C)c2)ccc1F. The molecule has 104 valence electrons. The summed E-state index contributed by atoms with van der Waals surface area (Å²) in [7, 11) is 0. The van der Waals surface area contributed by atoms with Crippen molar-refractivity contribution in [3.63, 3.8) is 0 Å². The molecular formula is C15H16FN3O. The van der Waals surface area contributed by atoms with Crippen molar-refractivity contribution in [1.29, 1.82) is 0 Å². The monoisotopic (exact) mass is 273 g/mol. The Balaban J connectivity index is 2.19. The van der Waals surface area contributed by atoms with Crippen molar-refractivity contribution in [3.05, 3.63) is 58.9 Å². The van der Waals surface area contributed by atoms with E-state index < -0.39 is 0 Å². The minimum Gasteiger partial charge on any atom is -0.324 e. The van der Waals surface area contributed by atoms with E-state index in [0.29, 0.717) is 16.8 Å². The molecule has 0 heterocycles. The Hall–Kier alpha value is -2.40. The summed E-state index contributed by atoms with van der Waals surface area (Å²) in [5.74, 6) is 4.80. The van der Waals surface area contributed by atoms with Gasteiger partial charge in [-0.1, -0.05) is 0 Å². The van der Waals surface area contributed by atoms with Crippen molar-refractivity contribution in [1.82, 2.24) is 0 Å². The lowest BCUT2D eigenvalue weighted by molar-refractivity contribution is 0.102. The average Bonchev–Trinajstić information content (AvgIpc) is 2.42. The van der Waals surface area contributed by atoms with E-state index in [1.54, 1.807) is 31.2 Å². The Morgan fingerprint density at radius 2 is 1.85 bits per heavy atom. The van der Waals surface area contributed by atoms with Gasteiger partial charge in [-0.25, -0.2) is 4.39 Å². The predicted octanol–water partition coefficient (Wildman–Crippen LogP) is 2.98. The topological polar surface area (TPSA) is 67.2 Å². The standard InChI is InChI=1S/C15H16FN3O/c1-9-8-12(4-5-13(9)16)18-15(20)11-3-6-14(19-17)10(2)7-11/h3-8,19H,17H2,1-2H3,(H,18,20). The fraction of sp³-hybridized carbons (Fsp3) is 0.133. The van der Waals surface area contributed by atoms with E-state index in [0.717, 1.165) is 11.3 Å². The van der Waals surface area contributed by atoms with Gasteiger partial charge in [0.1, 0.15) is 5.82 Å². The van der Waals surface area contributed by atoms with E-state index in [4.69, 9.17) is 5.84 Å². The number of aryl methyl sites for hydroxylation is 2. The molecule has 0 saturated heterocycles. The zero-order chi connectivity index (χ0) is 14.7. The summed E-state index contributed by atoms with van der Waals surface area (Å²) in [6.45, 7) is 3.50. The van der Waals surface area contributed by atoms with Crippen molar-refractivity contribution in [2.24, 2.45) is 5.84 Å². The molecule has 20 heavy (non-hydrogen) atoms. The third-order valence-electron chi connectivity index (χ3n) is 3.06. The highest BCUT2D eigenvalue weighted by molar-refractivity contribution is 6.04. The van der Waals surface area contributed by atoms with E-state index >= 15 is 0 Å². The molecule has 0 unspecified atom stereocenters. The van der Waals surface area contributed by atoms with E-state index in [1.165, 1.54) is 12.1 Å². The van der Waals surface area contributed by atoms with Gasteiger partial charge >= 0.3 is 0 Å². The smallest absolute Gasteiger partial charge is 0.255 e. The molecule has 0 aliphatic heterocycles. The largest absolute Gasteiger partial charge is 0.324 e. The maximum atomic E-state index is 13.2. The average molecular weight is 273 g/mol. The van der Waals surface area contributed by atoms with Crippen molar-refractivity contribution in [2.45, 2.75) is 13.8 Å². The van der Waals surface area contributed by atoms with Crippen LogP contribution in [0.4, 0.5) is 15.8 Å². The molecule has 0 fully saturated rings. The quantitative estimate of drug-likeness (QED) is 0.595. The number of carbonyl (C=O) groups excluding carboxylic acids is 1. The number of nitrogens with two attached hydrogens (primary N) is 1. The van der Waals surface area contributed by atoms with Crippen LogP contribution >= 0.6 is 0 Å². The molecule has 0 aliphatic carbocycles. The molecule has 2 aromatic carbocycles. The van der Waals surface area contributed by atoms with Gasteiger partial charge in [0.05, 0.1) is 5.69 Å². The van der Waals surface area contributed by atoms with Crippen molar-refractivity contribution in [2.75, 3.05) is 10.7 Å². The number of rotatable bonds is 3. The number of nitrogens with one attached hydrogen (secondary N) is 2. The maximum absolute atomic E-state index is 13.2. The van der Waals surface area contributed by atoms with Gasteiger partial charge in [0.2, 0.25) is 0 Å². The lowest BCUT2D eigenvalue weighted by atomic mass is 10.1. The molecule has 0 radical (unpaired) electrons. The van der Waals surface area contributed by atoms with Gasteiger partial charge in [-0.3, -0.25) is 10.6 Å². The highest BCUT2D eigenvalue weighted by Crippen LogP contribution is 2.18. The lowest BCUT2D eigenvalue weighted by Gasteiger charge is -2.09. The number of hydrogen-bond donors (Lipinski definition) is 3. The number of halogens is 1. The Morgan fingerprint density at radius 1 is 1.10 bits per heavy atom. The summed E-state index contributed by atoms with van der Waals surface area (Å²) in [5.41, 5.74) is 5.75. The van der Waals surface area contributed by atoms with Gasteiger partial charge in [0.15, 0.2) is 0 Å². The van der Waals surface area contributed by atoms with Crippen LogP contribution in [0.5, 0.6) is 0 Å². The first kappa shape index (κ1) is 14.0. The second-order valence-electron chi connectivity index (χ2n) is 4.59. The van der Waals surface area contributed by atoms with Crippen molar-refractivity contribution >= 4 is 17.3 Å². The Bertz CT molecular complexity index is 656. The Labute approximate surface area is 116 Å². The van der Waals surface area contributed by atoms with Crippen LogP contribution in [-0.4, -0.2) is 5.91 Å². The summed E-state index contributed by atoms with van der Waals surface area (Å²) < 4.78 is 13.2. The fourth-order valence-corrected chi connectivity index (χ4v) is 1.89. The Morgan fingerprint density at radius 3 is 2.45 bits per heavy atom. The molecule has 2 aromatic rings. The van der Waals surface area contributed by atoms with Crippen LogP contribution in [0.25, 0.3) is 0 Å². The number of carbonyl (C=O) groups is 1. The van der Waals surface area contributed by atoms with Crippen LogP contribution in [0.15, 0.2) is 36.4 Å². The molecule has 0 bridgehead atoms. The van der Waals surface area contributed by atoms with Crippen LogP contribution in [0.3, 0.4) is 0 Å². The summed E-state index contributed by atoms with van der Waals surface area (Å²) in [6, 6.07) is 9.60. The van der Waals surface area contributed by atoms with Crippen LogP contribution in [-0.2, 0) is 0 Å². The van der Waals surface area contributed by atoms with E-state index in [1.807, 2.05) is 6.92 Å². The number of anilines is 2. The minimum atomic E-state index is -0.294. The fourth-order valence-electron chi connectivity index (χ4n) is 1.89. The van der Waals surface area contributed by atoms with Crippen LogP contribution < -0.4 is 16.6 Å². The summed E-state index contributed by atoms with van der Waals surface area (Å²) in [4.78, 5) is 12.1. The highest BCUT2D eigenvalue weighted by Gasteiger charge is 2.08. The number of nitrogen functional groups attached to an aromatic ring is 1. The van der Waals surface area contributed by atoms with Gasteiger partial charge in [-0.05, 0) is 61.4 Å². The second kappa shape index (κ2) is 5.71. The van der Waals surface area contributed by atoms with Crippen LogP contribution in [0, 0.1) is 19.7 Å². The second-order valence-corrected chi connectivity index (χ2v) is 4.59. The van der Waals surface area contributed by atoms with Gasteiger partial charge in [-0.15, -0.1) is 0 Å². The van der Waals surface area contributed by atoms with Crippen LogP contribution in [0.1, 0.15) is 21.5 Å². The Kier molecular flexibility index (Phi) is 4.00. The highest BCUT2D eigenvalue weighted by atomic mass is 19.1. The molecule has 4 N–H and O–H groups in total. The first-order chi connectivity index (χ1) is 9.51. The van der Waals surface area contributed by atoms with E-state index in [2.05, 4.69) is 10.7 Å². The summed E-state index contributed by atoms with van der Waals surface area (Å²) in [5, 5.41) is 2.73. The molecule has 1 amide bonds. The molecule has 5 heteroatoms. The number of hydrogen-bond acceptors (Lipinski definition) is 3. The first-order valence-corrected chi connectivity index (χ1v) is 6.16. The molecule has 0 aromatic heterocycles. The van der Waals surface area contributed by atoms with Gasteiger partial charge in [-0.2, -0.15) is 0 Å². The third-order valence-corrected chi connectivity index (χ3v) is 3.06. The molecular weight excluding hydrogens is 257 g/mol. The zero-order valence-corrected chi connectivity index (χ0v) is 11.3. The number of hydrazine groups is 1. The first-order valence-electron chi connectivity index (χ1n) is 6.16. The zero-order valence-electron chi connectivity index (χ0n) is 11.3. The molecule has 2 rings (SSSR count). The molecule has 4 nitrogen and oxygen atoms in total. The molecule has 0 saturated carbocycles. The predicted molar refractivity (Wildman–Crippen MR) is 78.1 cm³/mol. The van der Waals surface area contributed by atoms with Gasteiger partial charge in [0, 0.05) is 11.3 Å². The number of benzene rings is 2. The minimum absolute atomic E-state index is 0.248. The molecule has 0 spiro atoms.